The zero-order chi connectivity index (χ0) is 17.2. The molecule has 0 aliphatic rings. The Bertz CT molecular complexity index is 598. The molecular weight excluding hydrogens is 328 g/mol. The molecule has 2 aromatic heterocycles. The van der Waals surface area contributed by atoms with Gasteiger partial charge < -0.3 is 19.0 Å². The molecule has 0 atom stereocenters. The van der Waals surface area contributed by atoms with Crippen LogP contribution in [0.4, 0.5) is 0 Å². The van der Waals surface area contributed by atoms with Crippen molar-refractivity contribution in [2.24, 2.45) is 5.92 Å². The molecule has 24 heavy (non-hydrogen) atoms. The van der Waals surface area contributed by atoms with Crippen LogP contribution in [0.5, 0.6) is 0 Å². The number of hydrogen-bond acceptors (Lipinski definition) is 6. The summed E-state index contributed by atoms with van der Waals surface area (Å²) in [6.07, 6.45) is 4.30. The highest BCUT2D eigenvalue weighted by Gasteiger charge is 2.09. The summed E-state index contributed by atoms with van der Waals surface area (Å²) in [5.74, 6) is 1.71. The molecule has 7 nitrogen and oxygen atoms in total. The van der Waals surface area contributed by atoms with E-state index < -0.39 is 0 Å². The number of thioether (sulfide) groups is 1. The van der Waals surface area contributed by atoms with Gasteiger partial charge in [0.25, 0.3) is 0 Å². The first kappa shape index (κ1) is 18.5. The van der Waals surface area contributed by atoms with E-state index in [0.29, 0.717) is 36.5 Å². The van der Waals surface area contributed by atoms with Crippen LogP contribution in [-0.4, -0.2) is 46.2 Å². The maximum Gasteiger partial charge on any atom is 0.230 e. The van der Waals surface area contributed by atoms with Crippen molar-refractivity contribution in [2.45, 2.75) is 32.0 Å². The minimum Gasteiger partial charge on any atom is -0.467 e. The number of furan rings is 1. The van der Waals surface area contributed by atoms with Gasteiger partial charge in [-0.05, 0) is 24.5 Å². The number of nitrogens with zero attached hydrogens (tertiary/aromatic N) is 3. The second-order valence-electron chi connectivity index (χ2n) is 5.75. The third-order valence-corrected chi connectivity index (χ3v) is 4.21. The molecule has 0 aliphatic carbocycles. The maximum absolute atomic E-state index is 11.8. The Morgan fingerprint density at radius 2 is 2.33 bits per heavy atom. The van der Waals surface area contributed by atoms with Gasteiger partial charge >= 0.3 is 0 Å². The highest BCUT2D eigenvalue weighted by atomic mass is 32.2. The fourth-order valence-corrected chi connectivity index (χ4v) is 2.64. The lowest BCUT2D eigenvalue weighted by Crippen LogP contribution is -2.29. The fraction of sp³-hybridized carbons (Fsp3) is 0.562. The van der Waals surface area contributed by atoms with Crippen LogP contribution in [0.3, 0.4) is 0 Å². The van der Waals surface area contributed by atoms with Crippen molar-refractivity contribution in [1.29, 1.82) is 0 Å². The lowest BCUT2D eigenvalue weighted by Gasteiger charge is -2.08. The first-order valence-corrected chi connectivity index (χ1v) is 9.01. The highest BCUT2D eigenvalue weighted by Crippen LogP contribution is 2.16. The van der Waals surface area contributed by atoms with Crippen LogP contribution < -0.4 is 5.32 Å². The van der Waals surface area contributed by atoms with Crippen LogP contribution in [0.15, 0.2) is 34.3 Å². The zero-order valence-corrected chi connectivity index (χ0v) is 14.9. The van der Waals surface area contributed by atoms with Crippen molar-refractivity contribution in [3.05, 3.63) is 30.5 Å². The van der Waals surface area contributed by atoms with E-state index in [0.717, 1.165) is 18.8 Å². The molecule has 0 bridgehead atoms. The van der Waals surface area contributed by atoms with E-state index in [4.69, 9.17) is 9.15 Å². The maximum atomic E-state index is 11.8. The second-order valence-corrected chi connectivity index (χ2v) is 6.70. The minimum absolute atomic E-state index is 0.0417. The molecule has 2 heterocycles. The topological polar surface area (TPSA) is 82.2 Å². The van der Waals surface area contributed by atoms with E-state index in [-0.39, 0.29) is 5.91 Å². The van der Waals surface area contributed by atoms with E-state index in [1.165, 1.54) is 11.8 Å². The summed E-state index contributed by atoms with van der Waals surface area (Å²) in [5.41, 5.74) is 0. The number of hydrogen-bond donors (Lipinski definition) is 1. The molecule has 0 aliphatic heterocycles. The lowest BCUT2D eigenvalue weighted by molar-refractivity contribution is -0.118. The molecule has 132 valence electrons. The Kier molecular flexibility index (Phi) is 7.84. The summed E-state index contributed by atoms with van der Waals surface area (Å²) < 4.78 is 12.6. The minimum atomic E-state index is -0.0417. The Labute approximate surface area is 146 Å². The van der Waals surface area contributed by atoms with Crippen molar-refractivity contribution in [3.8, 4) is 0 Å². The number of carbonyl (C=O) groups excluding carboxylic acids is 1. The molecule has 0 unspecified atom stereocenters. The van der Waals surface area contributed by atoms with Gasteiger partial charge in [-0.15, -0.1) is 10.2 Å². The van der Waals surface area contributed by atoms with Crippen molar-refractivity contribution < 1.29 is 13.9 Å². The first-order valence-electron chi connectivity index (χ1n) is 8.02. The van der Waals surface area contributed by atoms with Gasteiger partial charge in [-0.2, -0.15) is 0 Å². The summed E-state index contributed by atoms with van der Waals surface area (Å²) in [7, 11) is 0. The standard InChI is InChI=1S/C16H24N4O3S/c1-13(2)5-8-22-9-6-17-15(21)11-24-16-19-18-12-20(16)10-14-4-3-7-23-14/h3-4,7,12-13H,5-6,8-11H2,1-2H3,(H,17,21). The first-order chi connectivity index (χ1) is 11.6. The van der Waals surface area contributed by atoms with E-state index in [9.17, 15) is 4.79 Å². The van der Waals surface area contributed by atoms with Crippen LogP contribution in [0.2, 0.25) is 0 Å². The van der Waals surface area contributed by atoms with Crippen molar-refractivity contribution >= 4 is 17.7 Å². The molecule has 8 heteroatoms. The smallest absolute Gasteiger partial charge is 0.230 e. The lowest BCUT2D eigenvalue weighted by atomic mass is 10.1. The number of ether oxygens (including phenoxy) is 1. The molecule has 0 fully saturated rings. The molecule has 1 N–H and O–H groups in total. The molecule has 0 saturated carbocycles. The van der Waals surface area contributed by atoms with E-state index in [1.807, 2.05) is 16.7 Å². The van der Waals surface area contributed by atoms with Crippen molar-refractivity contribution in [1.82, 2.24) is 20.1 Å². The van der Waals surface area contributed by atoms with Crippen LogP contribution in [0.1, 0.15) is 26.0 Å². The SMILES string of the molecule is CC(C)CCOCCNC(=O)CSc1nncn1Cc1ccco1. The average Bonchev–Trinajstić information content (AvgIpc) is 3.21. The molecule has 2 rings (SSSR count). The Hall–Kier alpha value is -1.80. The Balaban J connectivity index is 1.63. The normalized spacial score (nSPS) is 11.1. The largest absolute Gasteiger partial charge is 0.467 e. The van der Waals surface area contributed by atoms with Crippen LogP contribution in [0.25, 0.3) is 0 Å². The molecule has 0 aromatic carbocycles. The third kappa shape index (κ3) is 6.76. The molecule has 0 saturated heterocycles. The highest BCUT2D eigenvalue weighted by molar-refractivity contribution is 7.99. The number of rotatable bonds is 11. The van der Waals surface area contributed by atoms with Gasteiger partial charge in [0.15, 0.2) is 5.16 Å². The van der Waals surface area contributed by atoms with E-state index in [1.54, 1.807) is 12.6 Å². The number of carbonyl (C=O) groups is 1. The predicted molar refractivity (Wildman–Crippen MR) is 91.8 cm³/mol. The summed E-state index contributed by atoms with van der Waals surface area (Å²) in [5, 5.41) is 11.5. The molecule has 1 amide bonds. The summed E-state index contributed by atoms with van der Waals surface area (Å²) in [4.78, 5) is 11.8. The van der Waals surface area contributed by atoms with E-state index >= 15 is 0 Å². The number of amides is 1. The Morgan fingerprint density at radius 3 is 3.08 bits per heavy atom. The summed E-state index contributed by atoms with van der Waals surface area (Å²) in [6.45, 7) is 6.67. The van der Waals surface area contributed by atoms with Gasteiger partial charge in [-0.25, -0.2) is 0 Å². The van der Waals surface area contributed by atoms with Crippen LogP contribution in [-0.2, 0) is 16.1 Å². The molecule has 0 spiro atoms. The summed E-state index contributed by atoms with van der Waals surface area (Å²) in [6, 6.07) is 3.73. The second kappa shape index (κ2) is 10.1. The number of aromatic nitrogens is 3. The van der Waals surface area contributed by atoms with Gasteiger partial charge in [0.05, 0.1) is 25.2 Å². The summed E-state index contributed by atoms with van der Waals surface area (Å²) >= 11 is 1.35. The Morgan fingerprint density at radius 1 is 1.46 bits per heavy atom. The average molecular weight is 352 g/mol. The van der Waals surface area contributed by atoms with Gasteiger partial charge in [-0.1, -0.05) is 25.6 Å². The predicted octanol–water partition coefficient (Wildman–Crippen LogP) is 2.19. The third-order valence-electron chi connectivity index (χ3n) is 3.23. The zero-order valence-electron chi connectivity index (χ0n) is 14.1. The van der Waals surface area contributed by atoms with Gasteiger partial charge in [0.1, 0.15) is 12.1 Å². The van der Waals surface area contributed by atoms with Crippen molar-refractivity contribution in [3.63, 3.8) is 0 Å². The fourth-order valence-electron chi connectivity index (χ4n) is 1.90. The molecule has 2 aromatic rings. The molecular formula is C16H24N4O3S. The monoisotopic (exact) mass is 352 g/mol. The van der Waals surface area contributed by atoms with Crippen LogP contribution >= 0.6 is 11.8 Å². The van der Waals surface area contributed by atoms with Gasteiger partial charge in [0, 0.05) is 13.2 Å². The molecule has 0 radical (unpaired) electrons. The number of nitrogens with one attached hydrogen (secondary N) is 1. The van der Waals surface area contributed by atoms with Gasteiger partial charge in [-0.3, -0.25) is 4.79 Å². The quantitative estimate of drug-likeness (QED) is 0.493. The van der Waals surface area contributed by atoms with E-state index in [2.05, 4.69) is 29.4 Å². The van der Waals surface area contributed by atoms with Crippen molar-refractivity contribution in [2.75, 3.05) is 25.5 Å². The van der Waals surface area contributed by atoms with Gasteiger partial charge in [0.2, 0.25) is 5.91 Å². The van der Waals surface area contributed by atoms with Crippen LogP contribution in [0, 0.1) is 5.92 Å².